The molecule has 0 radical (unpaired) electrons. The number of nitrogens with zero attached hydrogens (tertiary/aromatic N) is 3. The van der Waals surface area contributed by atoms with E-state index in [1.54, 1.807) is 11.3 Å². The molecule has 3 heterocycles. The van der Waals surface area contributed by atoms with Crippen LogP contribution in [0.25, 0.3) is 15.9 Å². The fraction of sp³-hybridized carbons (Fsp3) is 0.320. The Labute approximate surface area is 185 Å². The summed E-state index contributed by atoms with van der Waals surface area (Å²) >= 11 is 1.63. The lowest BCUT2D eigenvalue weighted by molar-refractivity contribution is 0.0970. The van der Waals surface area contributed by atoms with Crippen molar-refractivity contribution in [3.05, 3.63) is 80.0 Å². The molecule has 5 rings (SSSR count). The molecule has 158 valence electrons. The highest BCUT2D eigenvalue weighted by Gasteiger charge is 2.22. The van der Waals surface area contributed by atoms with Gasteiger partial charge in [0.2, 0.25) is 0 Å². The Hall–Kier alpha value is -2.99. The van der Waals surface area contributed by atoms with Crippen molar-refractivity contribution in [2.45, 2.75) is 53.0 Å². The first-order valence-electron chi connectivity index (χ1n) is 10.7. The molecule has 1 aliphatic carbocycles. The number of hydrogen-bond acceptors (Lipinski definition) is 4. The number of ketones is 1. The Morgan fingerprint density at radius 2 is 1.84 bits per heavy atom. The van der Waals surface area contributed by atoms with Crippen LogP contribution in [0.15, 0.2) is 41.5 Å². The van der Waals surface area contributed by atoms with Gasteiger partial charge in [-0.25, -0.2) is 4.98 Å². The van der Waals surface area contributed by atoms with Gasteiger partial charge >= 0.3 is 0 Å². The van der Waals surface area contributed by atoms with Gasteiger partial charge in [0, 0.05) is 27.5 Å². The van der Waals surface area contributed by atoms with Crippen molar-refractivity contribution in [1.82, 2.24) is 14.1 Å². The van der Waals surface area contributed by atoms with Crippen molar-refractivity contribution in [2.75, 3.05) is 0 Å². The number of hydrogen-bond donors (Lipinski definition) is 0. The summed E-state index contributed by atoms with van der Waals surface area (Å²) < 4.78 is 3.57. The van der Waals surface area contributed by atoms with Crippen molar-refractivity contribution in [1.29, 1.82) is 0 Å². The molecule has 31 heavy (non-hydrogen) atoms. The molecule has 0 aliphatic heterocycles. The SMILES string of the molecule is Cc1ccc(-n2c(C)cc(C(=O)Cn3cnc4sc5c(c4c3=O)CCCC5)c2C)cc1. The smallest absolute Gasteiger partial charge is 0.262 e. The van der Waals surface area contributed by atoms with Gasteiger partial charge in [0.25, 0.3) is 5.56 Å². The van der Waals surface area contributed by atoms with E-state index < -0.39 is 0 Å². The average molecular weight is 432 g/mol. The lowest BCUT2D eigenvalue weighted by Gasteiger charge is -2.11. The molecular weight excluding hydrogens is 406 g/mol. The van der Waals surface area contributed by atoms with E-state index in [1.165, 1.54) is 27.8 Å². The minimum atomic E-state index is -0.0925. The molecule has 0 bridgehead atoms. The van der Waals surface area contributed by atoms with Crippen LogP contribution in [0.2, 0.25) is 0 Å². The third-order valence-electron chi connectivity index (χ3n) is 6.28. The Bertz CT molecular complexity index is 1370. The van der Waals surface area contributed by atoms with Gasteiger partial charge in [-0.2, -0.15) is 0 Å². The predicted molar refractivity (Wildman–Crippen MR) is 125 cm³/mol. The zero-order valence-electron chi connectivity index (χ0n) is 18.1. The number of fused-ring (bicyclic) bond motifs is 3. The van der Waals surface area contributed by atoms with Crippen LogP contribution in [0.1, 0.15) is 50.6 Å². The molecule has 4 aromatic rings. The molecule has 0 amide bonds. The summed E-state index contributed by atoms with van der Waals surface area (Å²) in [6.45, 7) is 6.02. The number of benzene rings is 1. The summed E-state index contributed by atoms with van der Waals surface area (Å²) in [7, 11) is 0. The van der Waals surface area contributed by atoms with E-state index in [2.05, 4.69) is 40.7 Å². The van der Waals surface area contributed by atoms with Crippen LogP contribution in [0.5, 0.6) is 0 Å². The summed E-state index contributed by atoms with van der Waals surface area (Å²) in [6, 6.07) is 10.2. The molecule has 0 spiro atoms. The largest absolute Gasteiger partial charge is 0.318 e. The topological polar surface area (TPSA) is 56.9 Å². The first-order chi connectivity index (χ1) is 14.9. The molecule has 1 aromatic carbocycles. The molecule has 1 aliphatic rings. The number of rotatable bonds is 4. The third kappa shape index (κ3) is 3.35. The molecule has 0 fully saturated rings. The van der Waals surface area contributed by atoms with Crippen LogP contribution in [0.4, 0.5) is 0 Å². The first kappa shape index (κ1) is 19.9. The van der Waals surface area contributed by atoms with Gasteiger partial charge in [0.15, 0.2) is 5.78 Å². The second-order valence-corrected chi connectivity index (χ2v) is 9.53. The highest BCUT2D eigenvalue weighted by Crippen LogP contribution is 2.33. The summed E-state index contributed by atoms with van der Waals surface area (Å²) in [6.07, 6.45) is 5.77. The zero-order chi connectivity index (χ0) is 21.7. The van der Waals surface area contributed by atoms with Crippen LogP contribution in [0.3, 0.4) is 0 Å². The predicted octanol–water partition coefficient (Wildman–Crippen LogP) is 4.94. The quantitative estimate of drug-likeness (QED) is 0.430. The molecule has 0 N–H and O–H groups in total. The maximum Gasteiger partial charge on any atom is 0.262 e. The fourth-order valence-electron chi connectivity index (χ4n) is 4.67. The number of aromatic nitrogens is 3. The van der Waals surface area contributed by atoms with Crippen molar-refractivity contribution in [2.24, 2.45) is 0 Å². The van der Waals surface area contributed by atoms with Gasteiger partial charge in [0.05, 0.1) is 18.3 Å². The normalized spacial score (nSPS) is 13.5. The fourth-order valence-corrected chi connectivity index (χ4v) is 5.89. The summed E-state index contributed by atoms with van der Waals surface area (Å²) in [5, 5.41) is 0.722. The lowest BCUT2D eigenvalue weighted by atomic mass is 9.97. The molecule has 0 unspecified atom stereocenters. The van der Waals surface area contributed by atoms with E-state index in [9.17, 15) is 9.59 Å². The third-order valence-corrected chi connectivity index (χ3v) is 7.48. The van der Waals surface area contributed by atoms with Crippen LogP contribution in [0, 0.1) is 20.8 Å². The van der Waals surface area contributed by atoms with Crippen molar-refractivity contribution >= 4 is 27.3 Å². The number of carbonyl (C=O) groups excluding carboxylic acids is 1. The molecule has 3 aromatic heterocycles. The van der Waals surface area contributed by atoms with Crippen molar-refractivity contribution < 1.29 is 4.79 Å². The molecule has 0 atom stereocenters. The first-order valence-corrected chi connectivity index (χ1v) is 11.5. The van der Waals surface area contributed by atoms with Crippen LogP contribution < -0.4 is 5.56 Å². The van der Waals surface area contributed by atoms with Gasteiger partial charge < -0.3 is 4.57 Å². The highest BCUT2D eigenvalue weighted by molar-refractivity contribution is 7.18. The number of thiophene rings is 1. The van der Waals surface area contributed by atoms with Crippen LogP contribution in [-0.2, 0) is 19.4 Å². The molecule has 0 saturated carbocycles. The van der Waals surface area contributed by atoms with Crippen LogP contribution in [-0.4, -0.2) is 19.9 Å². The van der Waals surface area contributed by atoms with Crippen LogP contribution >= 0.6 is 11.3 Å². The zero-order valence-corrected chi connectivity index (χ0v) is 18.9. The number of Topliss-reactive ketones (excluding diaryl/α,β-unsaturated/α-hetero) is 1. The molecule has 0 saturated heterocycles. The second kappa shape index (κ2) is 7.61. The van der Waals surface area contributed by atoms with E-state index in [0.717, 1.165) is 52.1 Å². The van der Waals surface area contributed by atoms with Gasteiger partial charge in [-0.1, -0.05) is 17.7 Å². The maximum absolute atomic E-state index is 13.2. The van der Waals surface area contributed by atoms with Gasteiger partial charge in [-0.3, -0.25) is 14.2 Å². The monoisotopic (exact) mass is 431 g/mol. The standard InChI is InChI=1S/C25H25N3O2S/c1-15-8-10-18(11-9-15)28-16(2)12-20(17(28)3)21(29)13-27-14-26-24-23(25(27)30)19-6-4-5-7-22(19)31-24/h8-12,14H,4-7,13H2,1-3H3. The minimum Gasteiger partial charge on any atom is -0.318 e. The number of aryl methyl sites for hydroxylation is 4. The maximum atomic E-state index is 13.2. The summed E-state index contributed by atoms with van der Waals surface area (Å²) in [5.41, 5.74) is 5.83. The molecule has 6 heteroatoms. The minimum absolute atomic E-state index is 0.00455. The van der Waals surface area contributed by atoms with E-state index >= 15 is 0 Å². The molecule has 5 nitrogen and oxygen atoms in total. The number of carbonyl (C=O) groups is 1. The van der Waals surface area contributed by atoms with E-state index in [1.807, 2.05) is 19.9 Å². The average Bonchev–Trinajstić information content (AvgIpc) is 3.28. The molecular formula is C25H25N3O2S. The van der Waals surface area contributed by atoms with E-state index in [4.69, 9.17) is 0 Å². The summed E-state index contributed by atoms with van der Waals surface area (Å²) in [4.78, 5) is 33.0. The van der Waals surface area contributed by atoms with Gasteiger partial charge in [-0.15, -0.1) is 11.3 Å². The highest BCUT2D eigenvalue weighted by atomic mass is 32.1. The van der Waals surface area contributed by atoms with Gasteiger partial charge in [0.1, 0.15) is 4.83 Å². The van der Waals surface area contributed by atoms with E-state index in [-0.39, 0.29) is 17.9 Å². The Balaban J connectivity index is 1.50. The Morgan fingerprint density at radius 3 is 2.61 bits per heavy atom. The summed E-state index contributed by atoms with van der Waals surface area (Å²) in [5.74, 6) is -0.0705. The second-order valence-electron chi connectivity index (χ2n) is 8.45. The van der Waals surface area contributed by atoms with E-state index in [0.29, 0.717) is 5.56 Å². The van der Waals surface area contributed by atoms with Crippen molar-refractivity contribution in [3.8, 4) is 5.69 Å². The van der Waals surface area contributed by atoms with Crippen molar-refractivity contribution in [3.63, 3.8) is 0 Å². The lowest BCUT2D eigenvalue weighted by Crippen LogP contribution is -2.25. The Morgan fingerprint density at radius 1 is 1.10 bits per heavy atom. The Kier molecular flexibility index (Phi) is 4.89. The van der Waals surface area contributed by atoms with Gasteiger partial charge in [-0.05, 0) is 70.2 Å².